The van der Waals surface area contributed by atoms with Gasteiger partial charge in [0.2, 0.25) is 11.8 Å². The smallest absolute Gasteiger partial charge is 0.226 e. The van der Waals surface area contributed by atoms with Gasteiger partial charge in [0.1, 0.15) is 0 Å². The van der Waals surface area contributed by atoms with E-state index in [0.717, 1.165) is 16.7 Å². The van der Waals surface area contributed by atoms with E-state index in [0.29, 0.717) is 71.7 Å². The van der Waals surface area contributed by atoms with Crippen LogP contribution < -0.4 is 5.32 Å². The molecule has 0 unspecified atom stereocenters. The number of morpholine rings is 1. The summed E-state index contributed by atoms with van der Waals surface area (Å²) in [5.74, 6) is 0.0927. The van der Waals surface area contributed by atoms with Crippen LogP contribution in [0.25, 0.3) is 11.1 Å². The third-order valence-corrected chi connectivity index (χ3v) is 6.43. The van der Waals surface area contributed by atoms with Crippen LogP contribution in [0.4, 0.5) is 0 Å². The Labute approximate surface area is 189 Å². The van der Waals surface area contributed by atoms with Crippen molar-refractivity contribution >= 4 is 11.8 Å². The van der Waals surface area contributed by atoms with Gasteiger partial charge in [0.25, 0.3) is 0 Å². The molecular weight excluding hydrogens is 406 g/mol. The van der Waals surface area contributed by atoms with E-state index >= 15 is 0 Å². The third kappa shape index (κ3) is 5.53. The summed E-state index contributed by atoms with van der Waals surface area (Å²) < 4.78 is 10.8. The molecule has 0 saturated carbocycles. The molecular formula is C25H31N3O4. The average Bonchev–Trinajstić information content (AvgIpc) is 2.86. The molecule has 0 bridgehead atoms. The Morgan fingerprint density at radius 3 is 2.22 bits per heavy atom. The minimum atomic E-state index is -0.502. The molecule has 0 spiro atoms. The molecule has 2 saturated heterocycles. The topological polar surface area (TPSA) is 80.8 Å². The van der Waals surface area contributed by atoms with Gasteiger partial charge < -0.3 is 19.7 Å². The largest absolute Gasteiger partial charge is 0.381 e. The standard InChI is InChI=1S/C25H31N3O4/c29-23(28-13-17-32-18-14-28)7-12-27-24(30)25(8-15-31-16-9-25)19-20-1-3-21(4-2-20)22-5-10-26-11-6-22/h1-6,10-11H,7-9,12-19H2,(H,27,30). The number of pyridine rings is 1. The van der Waals surface area contributed by atoms with Crippen molar-refractivity contribution in [2.75, 3.05) is 46.1 Å². The van der Waals surface area contributed by atoms with Crippen LogP contribution >= 0.6 is 0 Å². The molecule has 0 radical (unpaired) electrons. The van der Waals surface area contributed by atoms with Crippen LogP contribution in [0.1, 0.15) is 24.8 Å². The van der Waals surface area contributed by atoms with E-state index in [9.17, 15) is 9.59 Å². The predicted molar refractivity (Wildman–Crippen MR) is 121 cm³/mol. The number of carbonyl (C=O) groups excluding carboxylic acids is 2. The zero-order chi connectivity index (χ0) is 22.2. The molecule has 2 amide bonds. The van der Waals surface area contributed by atoms with Crippen LogP contribution in [0, 0.1) is 5.41 Å². The Bertz CT molecular complexity index is 889. The molecule has 2 aromatic rings. The van der Waals surface area contributed by atoms with Gasteiger partial charge in [-0.05, 0) is 48.1 Å². The summed E-state index contributed by atoms with van der Waals surface area (Å²) in [5, 5.41) is 3.04. The van der Waals surface area contributed by atoms with Crippen molar-refractivity contribution in [3.63, 3.8) is 0 Å². The lowest BCUT2D eigenvalue weighted by Gasteiger charge is -2.36. The average molecular weight is 438 g/mol. The summed E-state index contributed by atoms with van der Waals surface area (Å²) in [7, 11) is 0. The van der Waals surface area contributed by atoms with E-state index < -0.39 is 5.41 Å². The molecule has 7 nitrogen and oxygen atoms in total. The van der Waals surface area contributed by atoms with Gasteiger partial charge in [0, 0.05) is 51.7 Å². The summed E-state index contributed by atoms with van der Waals surface area (Å²) in [5.41, 5.74) is 2.88. The number of aromatic nitrogens is 1. The van der Waals surface area contributed by atoms with Crippen LogP contribution in [0.15, 0.2) is 48.8 Å². The summed E-state index contributed by atoms with van der Waals surface area (Å²) in [4.78, 5) is 31.5. The van der Waals surface area contributed by atoms with Gasteiger partial charge in [-0.25, -0.2) is 0 Å². The lowest BCUT2D eigenvalue weighted by Crippen LogP contribution is -2.47. The Hall–Kier alpha value is -2.77. The molecule has 0 atom stereocenters. The van der Waals surface area contributed by atoms with Gasteiger partial charge >= 0.3 is 0 Å². The van der Waals surface area contributed by atoms with E-state index in [1.165, 1.54) is 0 Å². The van der Waals surface area contributed by atoms with Gasteiger partial charge in [-0.15, -0.1) is 0 Å². The molecule has 3 heterocycles. The van der Waals surface area contributed by atoms with Crippen molar-refractivity contribution in [3.05, 3.63) is 54.4 Å². The van der Waals surface area contributed by atoms with Gasteiger partial charge in [-0.1, -0.05) is 24.3 Å². The zero-order valence-corrected chi connectivity index (χ0v) is 18.4. The number of hydrogen-bond acceptors (Lipinski definition) is 5. The van der Waals surface area contributed by atoms with Gasteiger partial charge in [-0.3, -0.25) is 14.6 Å². The summed E-state index contributed by atoms with van der Waals surface area (Å²) in [6.45, 7) is 3.94. The fraction of sp³-hybridized carbons (Fsp3) is 0.480. The van der Waals surface area contributed by atoms with E-state index in [-0.39, 0.29) is 11.8 Å². The lowest BCUT2D eigenvalue weighted by molar-refractivity contribution is -0.137. The van der Waals surface area contributed by atoms with Crippen molar-refractivity contribution in [2.24, 2.45) is 5.41 Å². The number of rotatable bonds is 7. The highest BCUT2D eigenvalue weighted by Crippen LogP contribution is 2.35. The van der Waals surface area contributed by atoms with Crippen molar-refractivity contribution in [1.82, 2.24) is 15.2 Å². The first kappa shape index (κ1) is 22.4. The first-order valence-corrected chi connectivity index (χ1v) is 11.4. The number of ether oxygens (including phenoxy) is 2. The highest BCUT2D eigenvalue weighted by Gasteiger charge is 2.40. The number of nitrogens with zero attached hydrogens (tertiary/aromatic N) is 2. The third-order valence-electron chi connectivity index (χ3n) is 6.43. The highest BCUT2D eigenvalue weighted by molar-refractivity contribution is 5.84. The van der Waals surface area contributed by atoms with Gasteiger partial charge in [0.05, 0.1) is 18.6 Å². The number of carbonyl (C=O) groups is 2. The molecule has 170 valence electrons. The molecule has 2 fully saturated rings. The van der Waals surface area contributed by atoms with E-state index in [1.54, 1.807) is 12.4 Å². The van der Waals surface area contributed by atoms with Crippen LogP contribution in [-0.2, 0) is 25.5 Å². The molecule has 4 rings (SSSR count). The number of nitrogens with one attached hydrogen (secondary N) is 1. The predicted octanol–water partition coefficient (Wildman–Crippen LogP) is 2.45. The minimum absolute atomic E-state index is 0.0220. The van der Waals surface area contributed by atoms with Gasteiger partial charge in [-0.2, -0.15) is 0 Å². The van der Waals surface area contributed by atoms with E-state index in [2.05, 4.69) is 34.6 Å². The minimum Gasteiger partial charge on any atom is -0.381 e. The molecule has 2 aliphatic rings. The Morgan fingerprint density at radius 2 is 1.53 bits per heavy atom. The van der Waals surface area contributed by atoms with Gasteiger partial charge in [0.15, 0.2) is 0 Å². The fourth-order valence-electron chi connectivity index (χ4n) is 4.44. The van der Waals surface area contributed by atoms with Crippen LogP contribution in [0.3, 0.4) is 0 Å². The molecule has 32 heavy (non-hydrogen) atoms. The number of amides is 2. The maximum Gasteiger partial charge on any atom is 0.226 e. The summed E-state index contributed by atoms with van der Waals surface area (Å²) in [6.07, 6.45) is 5.92. The van der Waals surface area contributed by atoms with E-state index in [4.69, 9.17) is 9.47 Å². The first-order valence-electron chi connectivity index (χ1n) is 11.4. The Morgan fingerprint density at radius 1 is 0.906 bits per heavy atom. The van der Waals surface area contributed by atoms with Crippen molar-refractivity contribution in [1.29, 1.82) is 0 Å². The first-order chi connectivity index (χ1) is 15.7. The summed E-state index contributed by atoms with van der Waals surface area (Å²) in [6, 6.07) is 12.4. The van der Waals surface area contributed by atoms with E-state index in [1.807, 2.05) is 17.0 Å². The Balaban J connectivity index is 1.37. The fourth-order valence-corrected chi connectivity index (χ4v) is 4.44. The number of hydrogen-bond donors (Lipinski definition) is 1. The quantitative estimate of drug-likeness (QED) is 0.720. The SMILES string of the molecule is O=C(CCNC(=O)C1(Cc2ccc(-c3ccncc3)cc2)CCOCC1)N1CCOCC1. The molecule has 1 aromatic carbocycles. The number of benzene rings is 1. The monoisotopic (exact) mass is 437 g/mol. The summed E-state index contributed by atoms with van der Waals surface area (Å²) >= 11 is 0. The van der Waals surface area contributed by atoms with Crippen LogP contribution in [0.5, 0.6) is 0 Å². The molecule has 7 heteroatoms. The second-order valence-electron chi connectivity index (χ2n) is 8.50. The second-order valence-corrected chi connectivity index (χ2v) is 8.50. The lowest BCUT2D eigenvalue weighted by atomic mass is 9.74. The zero-order valence-electron chi connectivity index (χ0n) is 18.4. The molecule has 2 aliphatic heterocycles. The maximum atomic E-state index is 13.3. The van der Waals surface area contributed by atoms with Crippen LogP contribution in [-0.4, -0.2) is 67.8 Å². The normalized spacial score (nSPS) is 18.2. The molecule has 0 aliphatic carbocycles. The maximum absolute atomic E-state index is 13.3. The molecule has 1 aromatic heterocycles. The second kappa shape index (κ2) is 10.7. The van der Waals surface area contributed by atoms with Crippen molar-refractivity contribution in [3.8, 4) is 11.1 Å². The van der Waals surface area contributed by atoms with Crippen molar-refractivity contribution in [2.45, 2.75) is 25.7 Å². The Kier molecular flexibility index (Phi) is 7.50. The highest BCUT2D eigenvalue weighted by atomic mass is 16.5. The molecule has 1 N–H and O–H groups in total. The van der Waals surface area contributed by atoms with Crippen LogP contribution in [0.2, 0.25) is 0 Å². The van der Waals surface area contributed by atoms with Crippen molar-refractivity contribution < 1.29 is 19.1 Å².